The van der Waals surface area contributed by atoms with Crippen molar-refractivity contribution < 1.29 is 0 Å². The lowest BCUT2D eigenvalue weighted by atomic mass is 10.1. The van der Waals surface area contributed by atoms with Crippen LogP contribution < -0.4 is 10.6 Å². The number of rotatable bonds is 5. The first-order valence-corrected chi connectivity index (χ1v) is 7.46. The minimum atomic E-state index is 0. The number of nitrogens with zero attached hydrogens (tertiary/aromatic N) is 3. The first-order valence-electron chi connectivity index (χ1n) is 7.46. The Hall–Kier alpha value is -0.790. The van der Waals surface area contributed by atoms with Crippen molar-refractivity contribution in [2.75, 3.05) is 13.1 Å². The second-order valence-electron chi connectivity index (χ2n) is 6.13. The van der Waals surface area contributed by atoms with Gasteiger partial charge in [-0.05, 0) is 39.0 Å². The zero-order valence-corrected chi connectivity index (χ0v) is 16.1. The number of aryl methyl sites for hydroxylation is 2. The number of hydrogen-bond donors (Lipinski definition) is 2. The van der Waals surface area contributed by atoms with Gasteiger partial charge in [-0.15, -0.1) is 24.0 Å². The highest BCUT2D eigenvalue weighted by Crippen LogP contribution is 2.43. The summed E-state index contributed by atoms with van der Waals surface area (Å²) in [4.78, 5) is 4.69. The molecule has 0 amide bonds. The molecule has 0 radical (unpaired) electrons. The van der Waals surface area contributed by atoms with E-state index in [4.69, 9.17) is 4.99 Å². The lowest BCUT2D eigenvalue weighted by Crippen LogP contribution is -2.39. The third-order valence-corrected chi connectivity index (χ3v) is 4.18. The molecule has 1 aliphatic carbocycles. The van der Waals surface area contributed by atoms with Crippen molar-refractivity contribution in [2.45, 2.75) is 47.1 Å². The van der Waals surface area contributed by atoms with Gasteiger partial charge in [-0.1, -0.05) is 6.92 Å². The summed E-state index contributed by atoms with van der Waals surface area (Å²) in [5.74, 6) is 0.906. The van der Waals surface area contributed by atoms with E-state index in [1.54, 1.807) is 0 Å². The average molecular weight is 405 g/mol. The molecule has 1 aromatic rings. The molecule has 1 fully saturated rings. The maximum atomic E-state index is 4.69. The van der Waals surface area contributed by atoms with Gasteiger partial charge in [0.25, 0.3) is 0 Å². The molecule has 6 heteroatoms. The van der Waals surface area contributed by atoms with Gasteiger partial charge in [0.2, 0.25) is 0 Å². The summed E-state index contributed by atoms with van der Waals surface area (Å²) in [5.41, 5.74) is 3.97. The lowest BCUT2D eigenvalue weighted by molar-refractivity contribution is 0.549. The fourth-order valence-corrected chi connectivity index (χ4v) is 2.23. The van der Waals surface area contributed by atoms with Gasteiger partial charge in [0, 0.05) is 31.4 Å². The Balaban J connectivity index is 0.00000220. The first kappa shape index (κ1) is 18.3. The molecule has 0 aliphatic heterocycles. The Labute approximate surface area is 145 Å². The summed E-state index contributed by atoms with van der Waals surface area (Å²) >= 11 is 0. The number of guanidine groups is 1. The van der Waals surface area contributed by atoms with Crippen molar-refractivity contribution >= 4 is 29.9 Å². The summed E-state index contributed by atoms with van der Waals surface area (Å²) in [6.07, 6.45) is 2.64. The molecule has 0 bridgehead atoms. The maximum absolute atomic E-state index is 4.69. The van der Waals surface area contributed by atoms with Crippen molar-refractivity contribution in [2.24, 2.45) is 17.5 Å². The summed E-state index contributed by atoms with van der Waals surface area (Å²) in [6.45, 7) is 11.1. The molecular weight excluding hydrogens is 377 g/mol. The maximum Gasteiger partial charge on any atom is 0.191 e. The summed E-state index contributed by atoms with van der Waals surface area (Å²) in [7, 11) is 1.98. The van der Waals surface area contributed by atoms with Crippen LogP contribution >= 0.6 is 24.0 Å². The van der Waals surface area contributed by atoms with Gasteiger partial charge in [-0.25, -0.2) is 4.99 Å². The summed E-state index contributed by atoms with van der Waals surface area (Å²) in [5, 5.41) is 11.2. The molecule has 2 N–H and O–H groups in total. The molecule has 5 nitrogen and oxygen atoms in total. The van der Waals surface area contributed by atoms with E-state index in [-0.39, 0.29) is 24.0 Å². The molecule has 1 aromatic heterocycles. The van der Waals surface area contributed by atoms with Crippen LogP contribution in [-0.4, -0.2) is 28.8 Å². The van der Waals surface area contributed by atoms with Crippen LogP contribution in [0.5, 0.6) is 0 Å². The Bertz CT molecular complexity index is 502. The molecule has 0 unspecified atom stereocenters. The average Bonchev–Trinajstić information content (AvgIpc) is 3.08. The van der Waals surface area contributed by atoms with Crippen LogP contribution in [0.2, 0.25) is 0 Å². The Morgan fingerprint density at radius 3 is 2.48 bits per heavy atom. The molecular formula is C15H28IN5. The van der Waals surface area contributed by atoms with Crippen molar-refractivity contribution in [3.63, 3.8) is 0 Å². The van der Waals surface area contributed by atoms with Gasteiger partial charge in [0.05, 0.1) is 12.2 Å². The quantitative estimate of drug-likeness (QED) is 0.450. The molecule has 2 rings (SSSR count). The van der Waals surface area contributed by atoms with E-state index in [9.17, 15) is 0 Å². The molecule has 0 atom stereocenters. The van der Waals surface area contributed by atoms with Crippen LogP contribution in [-0.2, 0) is 13.6 Å². The van der Waals surface area contributed by atoms with Gasteiger partial charge < -0.3 is 10.6 Å². The number of hydrogen-bond acceptors (Lipinski definition) is 2. The fraction of sp³-hybridized carbons (Fsp3) is 0.733. The van der Waals surface area contributed by atoms with Crippen LogP contribution in [0.3, 0.4) is 0 Å². The lowest BCUT2D eigenvalue weighted by Gasteiger charge is -2.14. The number of aliphatic imine (C=N–C) groups is 1. The zero-order chi connectivity index (χ0) is 14.8. The predicted molar refractivity (Wildman–Crippen MR) is 98.3 cm³/mol. The van der Waals surface area contributed by atoms with Crippen LogP contribution in [0.15, 0.2) is 4.99 Å². The van der Waals surface area contributed by atoms with E-state index in [0.29, 0.717) is 12.0 Å². The third kappa shape index (κ3) is 4.86. The smallest absolute Gasteiger partial charge is 0.191 e. The van der Waals surface area contributed by atoms with Gasteiger partial charge in [0.1, 0.15) is 0 Å². The van der Waals surface area contributed by atoms with Gasteiger partial charge in [0.15, 0.2) is 5.96 Å². The second kappa shape index (κ2) is 7.47. The van der Waals surface area contributed by atoms with Gasteiger partial charge >= 0.3 is 0 Å². The molecule has 21 heavy (non-hydrogen) atoms. The monoisotopic (exact) mass is 405 g/mol. The minimum Gasteiger partial charge on any atom is -0.357 e. The topological polar surface area (TPSA) is 54.2 Å². The molecule has 0 saturated heterocycles. The minimum absolute atomic E-state index is 0. The Morgan fingerprint density at radius 2 is 2.00 bits per heavy atom. The highest BCUT2D eigenvalue weighted by atomic mass is 127. The summed E-state index contributed by atoms with van der Waals surface area (Å²) < 4.78 is 1.92. The van der Waals surface area contributed by atoms with Crippen LogP contribution in [0.25, 0.3) is 0 Å². The standard InChI is InChI=1S/C15H27N5.HI/c1-6-16-14(18-10-15(4)7-8-15)17-9-13-11(2)19-20(5)12(13)3;/h6-10H2,1-5H3,(H2,16,17,18);1H. The highest BCUT2D eigenvalue weighted by Gasteiger charge is 2.36. The first-order chi connectivity index (χ1) is 9.45. The normalized spacial score (nSPS) is 16.3. The highest BCUT2D eigenvalue weighted by molar-refractivity contribution is 14.0. The largest absolute Gasteiger partial charge is 0.357 e. The van der Waals surface area contributed by atoms with Crippen molar-refractivity contribution in [3.05, 3.63) is 17.0 Å². The number of nitrogens with one attached hydrogen (secondary N) is 2. The van der Waals surface area contributed by atoms with Crippen molar-refractivity contribution in [1.82, 2.24) is 20.4 Å². The third-order valence-electron chi connectivity index (χ3n) is 4.18. The van der Waals surface area contributed by atoms with E-state index in [2.05, 4.69) is 36.5 Å². The molecule has 1 heterocycles. The molecule has 120 valence electrons. The van der Waals surface area contributed by atoms with Gasteiger partial charge in [-0.3, -0.25) is 4.68 Å². The number of halogens is 1. The van der Waals surface area contributed by atoms with Crippen molar-refractivity contribution in [3.8, 4) is 0 Å². The molecule has 1 saturated carbocycles. The van der Waals surface area contributed by atoms with E-state index in [1.807, 2.05) is 18.7 Å². The van der Waals surface area contributed by atoms with E-state index in [1.165, 1.54) is 24.1 Å². The van der Waals surface area contributed by atoms with E-state index < -0.39 is 0 Å². The van der Waals surface area contributed by atoms with Crippen molar-refractivity contribution in [1.29, 1.82) is 0 Å². The van der Waals surface area contributed by atoms with E-state index >= 15 is 0 Å². The van der Waals surface area contributed by atoms with Crippen LogP contribution in [0, 0.1) is 19.3 Å². The van der Waals surface area contributed by atoms with E-state index in [0.717, 1.165) is 24.7 Å². The van der Waals surface area contributed by atoms with Crippen LogP contribution in [0.4, 0.5) is 0 Å². The molecule has 0 spiro atoms. The molecule has 1 aliphatic rings. The predicted octanol–water partition coefficient (Wildman–Crippen LogP) is 2.51. The molecule has 0 aromatic carbocycles. The van der Waals surface area contributed by atoms with Gasteiger partial charge in [-0.2, -0.15) is 5.10 Å². The Kier molecular flexibility index (Phi) is 6.49. The van der Waals surface area contributed by atoms with Crippen LogP contribution in [0.1, 0.15) is 43.6 Å². The zero-order valence-electron chi connectivity index (χ0n) is 13.8. The summed E-state index contributed by atoms with van der Waals surface area (Å²) in [6, 6.07) is 0. The SMILES string of the molecule is CCNC(=NCc1c(C)nn(C)c1C)NCC1(C)CC1.I. The number of aromatic nitrogens is 2. The Morgan fingerprint density at radius 1 is 1.33 bits per heavy atom. The second-order valence-corrected chi connectivity index (χ2v) is 6.13. The fourth-order valence-electron chi connectivity index (χ4n) is 2.23.